The Kier molecular flexibility index (Phi) is 9.13. The average Bonchev–Trinajstić information content (AvgIpc) is 2.90. The van der Waals surface area contributed by atoms with Crippen LogP contribution >= 0.6 is 0 Å². The Morgan fingerprint density at radius 1 is 0.735 bits per heavy atom. The van der Waals surface area contributed by atoms with Crippen molar-refractivity contribution in [3.05, 3.63) is 106 Å². The molecule has 3 aromatic rings. The summed E-state index contributed by atoms with van der Waals surface area (Å²) in [5, 5.41) is 0. The van der Waals surface area contributed by atoms with Crippen LogP contribution in [0.1, 0.15) is 72.9 Å². The minimum atomic E-state index is -0.278. The first-order valence-corrected chi connectivity index (χ1v) is 11.9. The lowest BCUT2D eigenvalue weighted by molar-refractivity contribution is 0.415. The molecule has 4 rings (SSSR count). The number of rotatable bonds is 2. The van der Waals surface area contributed by atoms with Crippen LogP contribution in [0.4, 0.5) is 4.39 Å². The highest BCUT2D eigenvalue weighted by atomic mass is 19.1. The summed E-state index contributed by atoms with van der Waals surface area (Å²) in [5.74, 6) is 13.0. The van der Waals surface area contributed by atoms with E-state index in [9.17, 15) is 0 Å². The Hall–Kier alpha value is -3.75. The maximum Gasteiger partial charge on any atom is 0.147 e. The number of aryl methyl sites for hydroxylation is 1. The fraction of sp³-hybridized carbons (Fsp3) is 0.250. The van der Waals surface area contributed by atoms with Crippen molar-refractivity contribution in [3.8, 4) is 29.4 Å². The molecule has 1 nitrogen and oxygen atoms in total. The van der Waals surface area contributed by atoms with Gasteiger partial charge < -0.3 is 4.74 Å². The summed E-state index contributed by atoms with van der Waals surface area (Å²) >= 11 is 0. The van der Waals surface area contributed by atoms with E-state index in [-0.39, 0.29) is 5.82 Å². The number of methoxy groups -OCH3 is 1. The molecule has 0 amide bonds. The topological polar surface area (TPSA) is 9.23 Å². The van der Waals surface area contributed by atoms with Crippen molar-refractivity contribution in [3.63, 3.8) is 0 Å². The molecule has 0 fully saturated rings. The van der Waals surface area contributed by atoms with Crippen molar-refractivity contribution in [2.45, 2.75) is 46.5 Å². The smallest absolute Gasteiger partial charge is 0.147 e. The summed E-state index contributed by atoms with van der Waals surface area (Å²) in [7, 11) is 1.64. The van der Waals surface area contributed by atoms with Crippen molar-refractivity contribution in [2.24, 2.45) is 0 Å². The third-order valence-electron chi connectivity index (χ3n) is 5.58. The second kappa shape index (κ2) is 12.5. The Balaban J connectivity index is 0.00000158. The molecule has 0 N–H and O–H groups in total. The fourth-order valence-electron chi connectivity index (χ4n) is 3.75. The number of halogens is 1. The molecule has 0 unspecified atom stereocenters. The van der Waals surface area contributed by atoms with Gasteiger partial charge in [0, 0.05) is 22.3 Å². The van der Waals surface area contributed by atoms with Crippen LogP contribution in [-0.4, -0.2) is 7.11 Å². The number of allylic oxidation sites excluding steroid dienone is 2. The molecular formula is C32H31FO. The number of benzene rings is 3. The van der Waals surface area contributed by atoms with Gasteiger partial charge in [-0.25, -0.2) is 4.39 Å². The summed E-state index contributed by atoms with van der Waals surface area (Å²) in [5.41, 5.74) is 5.64. The van der Waals surface area contributed by atoms with E-state index >= 15 is 4.39 Å². The van der Waals surface area contributed by atoms with Crippen LogP contribution in [0.3, 0.4) is 0 Å². The van der Waals surface area contributed by atoms with Crippen LogP contribution in [0.2, 0.25) is 0 Å². The average molecular weight is 451 g/mol. The first-order chi connectivity index (χ1) is 16.6. The Morgan fingerprint density at radius 2 is 1.32 bits per heavy atom. The quantitative estimate of drug-likeness (QED) is 0.360. The van der Waals surface area contributed by atoms with Crippen molar-refractivity contribution in [2.75, 3.05) is 7.11 Å². The van der Waals surface area contributed by atoms with Crippen molar-refractivity contribution < 1.29 is 9.13 Å². The minimum absolute atomic E-state index is 0.278. The lowest BCUT2D eigenvalue weighted by atomic mass is 9.89. The van der Waals surface area contributed by atoms with Crippen LogP contribution in [0.15, 0.2) is 66.7 Å². The summed E-state index contributed by atoms with van der Waals surface area (Å²) in [6.45, 7) is 6.03. The lowest BCUT2D eigenvalue weighted by Crippen LogP contribution is -2.01. The van der Waals surface area contributed by atoms with Crippen LogP contribution in [0, 0.1) is 36.4 Å². The highest BCUT2D eigenvalue weighted by Gasteiger charge is 2.17. The monoisotopic (exact) mass is 450 g/mol. The number of ether oxygens (including phenoxy) is 1. The number of hydrogen-bond acceptors (Lipinski definition) is 1. The van der Waals surface area contributed by atoms with Gasteiger partial charge in [-0.3, -0.25) is 0 Å². The predicted molar refractivity (Wildman–Crippen MR) is 140 cm³/mol. The van der Waals surface area contributed by atoms with Crippen LogP contribution in [-0.2, 0) is 0 Å². The fourth-order valence-corrected chi connectivity index (χ4v) is 3.75. The molecule has 1 aliphatic rings. The SMILES string of the molecule is CC.COc1ccc(C#Cc2ccc(C#Cc3ccc(C)cc3)c(F)c2C2=CCCCC2)cc1. The molecular weight excluding hydrogens is 419 g/mol. The molecule has 0 bridgehead atoms. The lowest BCUT2D eigenvalue weighted by Gasteiger charge is -2.16. The molecule has 0 aliphatic heterocycles. The highest BCUT2D eigenvalue weighted by molar-refractivity contribution is 5.74. The zero-order chi connectivity index (χ0) is 24.3. The van der Waals surface area contributed by atoms with Crippen LogP contribution < -0.4 is 4.74 Å². The maximum absolute atomic E-state index is 15.7. The van der Waals surface area contributed by atoms with Gasteiger partial charge in [0.05, 0.1) is 12.7 Å². The van der Waals surface area contributed by atoms with E-state index < -0.39 is 0 Å². The van der Waals surface area contributed by atoms with Crippen molar-refractivity contribution >= 4 is 5.57 Å². The third-order valence-corrected chi connectivity index (χ3v) is 5.58. The van der Waals surface area contributed by atoms with Gasteiger partial charge in [0.1, 0.15) is 11.6 Å². The molecule has 0 radical (unpaired) electrons. The van der Waals surface area contributed by atoms with Crippen LogP contribution in [0.5, 0.6) is 5.75 Å². The van der Waals surface area contributed by atoms with Gasteiger partial charge in [0.2, 0.25) is 0 Å². The molecule has 34 heavy (non-hydrogen) atoms. The van der Waals surface area contributed by atoms with Gasteiger partial charge in [-0.1, -0.05) is 61.3 Å². The van der Waals surface area contributed by atoms with Gasteiger partial charge in [-0.15, -0.1) is 0 Å². The second-order valence-electron chi connectivity index (χ2n) is 7.92. The van der Waals surface area contributed by atoms with Crippen molar-refractivity contribution in [1.29, 1.82) is 0 Å². The van der Waals surface area contributed by atoms with E-state index in [1.165, 1.54) is 5.56 Å². The van der Waals surface area contributed by atoms with Gasteiger partial charge in [-0.05, 0) is 86.7 Å². The third kappa shape index (κ3) is 6.40. The molecule has 3 aromatic carbocycles. The Bertz CT molecular complexity index is 1260. The minimum Gasteiger partial charge on any atom is -0.497 e. The second-order valence-corrected chi connectivity index (χ2v) is 7.92. The first-order valence-electron chi connectivity index (χ1n) is 11.9. The van der Waals surface area contributed by atoms with E-state index in [1.807, 2.05) is 75.4 Å². The molecule has 0 aromatic heterocycles. The summed E-state index contributed by atoms with van der Waals surface area (Å²) < 4.78 is 20.9. The van der Waals surface area contributed by atoms with E-state index in [4.69, 9.17) is 4.74 Å². The summed E-state index contributed by atoms with van der Waals surface area (Å²) in [4.78, 5) is 0. The van der Waals surface area contributed by atoms with Gasteiger partial charge in [-0.2, -0.15) is 0 Å². The Labute approximate surface area is 203 Å². The number of hydrogen-bond donors (Lipinski definition) is 0. The molecule has 172 valence electrons. The Morgan fingerprint density at radius 3 is 1.91 bits per heavy atom. The zero-order valence-electron chi connectivity index (χ0n) is 20.5. The summed E-state index contributed by atoms with van der Waals surface area (Å²) in [6, 6.07) is 19.1. The molecule has 0 atom stereocenters. The molecule has 0 saturated heterocycles. The van der Waals surface area contributed by atoms with Gasteiger partial charge in [0.15, 0.2) is 0 Å². The normalized spacial score (nSPS) is 12.1. The predicted octanol–water partition coefficient (Wildman–Crippen LogP) is 7.93. The highest BCUT2D eigenvalue weighted by Crippen LogP contribution is 2.32. The van der Waals surface area contributed by atoms with Gasteiger partial charge >= 0.3 is 0 Å². The van der Waals surface area contributed by atoms with Crippen molar-refractivity contribution in [1.82, 2.24) is 0 Å². The first kappa shape index (κ1) is 24.9. The summed E-state index contributed by atoms with van der Waals surface area (Å²) in [6.07, 6.45) is 6.20. The van der Waals surface area contributed by atoms with Crippen LogP contribution in [0.25, 0.3) is 5.57 Å². The molecule has 1 aliphatic carbocycles. The van der Waals surface area contributed by atoms with E-state index in [2.05, 4.69) is 29.8 Å². The largest absolute Gasteiger partial charge is 0.497 e. The molecule has 0 spiro atoms. The standard InChI is InChI=1S/C30H25FO.C2H6/c1-22-8-10-23(11-9-22)13-17-27-19-18-26(16-12-24-14-20-28(32-2)21-15-24)29(30(27)31)25-6-4-3-5-7-25;1-2/h6,8-11,14-15,18-21H,3-5,7H2,1-2H3;1-2H3. The molecule has 2 heteroatoms. The molecule has 0 heterocycles. The maximum atomic E-state index is 15.7. The van der Waals surface area contributed by atoms with E-state index in [1.54, 1.807) is 13.2 Å². The van der Waals surface area contributed by atoms with E-state index in [0.717, 1.165) is 48.1 Å². The van der Waals surface area contributed by atoms with Gasteiger partial charge in [0.25, 0.3) is 0 Å². The van der Waals surface area contributed by atoms with E-state index in [0.29, 0.717) is 16.7 Å². The zero-order valence-corrected chi connectivity index (χ0v) is 20.5. The molecule has 0 saturated carbocycles.